The normalized spacial score (nSPS) is 25.1. The zero-order valence-electron chi connectivity index (χ0n) is 26.0. The maximum atomic E-state index is 12.5. The molecule has 43 heavy (non-hydrogen) atoms. The number of rotatable bonds is 13. The predicted octanol–water partition coefficient (Wildman–Crippen LogP) is 1.54. The van der Waals surface area contributed by atoms with Crippen molar-refractivity contribution in [3.63, 3.8) is 0 Å². The van der Waals surface area contributed by atoms with Gasteiger partial charge in [0, 0.05) is 31.5 Å². The summed E-state index contributed by atoms with van der Waals surface area (Å²) in [6.45, 7) is 6.48. The second-order valence-electron chi connectivity index (χ2n) is 12.8. The number of amides is 2. The summed E-state index contributed by atoms with van der Waals surface area (Å²) in [5.41, 5.74) is 2.92. The number of carbonyl (C=O) groups excluding carboxylic acids is 2. The standard InChI is InChI=1S/C33H47N3O7/c1-22-9-14-26(33-29(40)27(38)19-32(20-37,43-33)21-42-33)18-25(22)17-24-12-10-23(11-13-24)7-6-8-28(39)35-31(2,3)30(41)34-15-16-36(4)5/h9-14,18,27,29,37-38,40H,6-8,15-17,19-21H2,1-5H3,(H,34,41)(H,35,39)/t27-,29+,32-,33-/m0/s1. The molecule has 2 saturated heterocycles. The molecule has 0 spiro atoms. The van der Waals surface area contributed by atoms with E-state index in [1.807, 2.05) is 44.1 Å². The summed E-state index contributed by atoms with van der Waals surface area (Å²) in [4.78, 5) is 27.0. The first kappa shape index (κ1) is 33.0. The Kier molecular flexibility index (Phi) is 10.3. The molecule has 2 aromatic rings. The van der Waals surface area contributed by atoms with E-state index < -0.39 is 29.1 Å². The Morgan fingerprint density at radius 3 is 2.47 bits per heavy atom. The summed E-state index contributed by atoms with van der Waals surface area (Å²) in [5, 5.41) is 37.0. The molecule has 0 unspecified atom stereocenters. The number of likely N-dealkylation sites (N-methyl/N-ethyl adjacent to an activating group) is 1. The minimum Gasteiger partial charge on any atom is -0.393 e. The van der Waals surface area contributed by atoms with Crippen LogP contribution in [0.4, 0.5) is 0 Å². The molecule has 4 atom stereocenters. The Morgan fingerprint density at radius 1 is 1.09 bits per heavy atom. The lowest BCUT2D eigenvalue weighted by molar-refractivity contribution is -0.302. The number of aryl methyl sites for hydroxylation is 2. The summed E-state index contributed by atoms with van der Waals surface area (Å²) >= 11 is 0. The van der Waals surface area contributed by atoms with Gasteiger partial charge in [-0.3, -0.25) is 9.59 Å². The van der Waals surface area contributed by atoms with Gasteiger partial charge in [-0.1, -0.05) is 36.4 Å². The van der Waals surface area contributed by atoms with Crippen LogP contribution in [0.1, 0.15) is 60.9 Å². The molecule has 0 aliphatic carbocycles. The van der Waals surface area contributed by atoms with Crippen molar-refractivity contribution >= 4 is 11.8 Å². The first-order valence-corrected chi connectivity index (χ1v) is 15.0. The van der Waals surface area contributed by atoms with Crippen molar-refractivity contribution in [3.8, 4) is 0 Å². The molecule has 0 aromatic heterocycles. The minimum atomic E-state index is -1.52. The molecule has 2 bridgehead atoms. The van der Waals surface area contributed by atoms with Crippen molar-refractivity contribution in [2.75, 3.05) is 40.4 Å². The van der Waals surface area contributed by atoms with E-state index in [-0.39, 0.29) is 31.4 Å². The topological polar surface area (TPSA) is 141 Å². The number of carbonyl (C=O) groups is 2. The van der Waals surface area contributed by atoms with Gasteiger partial charge in [0.15, 0.2) is 0 Å². The Labute approximate surface area is 254 Å². The second kappa shape index (κ2) is 13.4. The van der Waals surface area contributed by atoms with Crippen LogP contribution < -0.4 is 10.6 Å². The van der Waals surface area contributed by atoms with Crippen molar-refractivity contribution in [1.29, 1.82) is 0 Å². The number of hydrogen-bond acceptors (Lipinski definition) is 8. The monoisotopic (exact) mass is 597 g/mol. The number of fused-ring (bicyclic) bond motifs is 2. The Balaban J connectivity index is 1.31. The van der Waals surface area contributed by atoms with Crippen LogP contribution in [-0.2, 0) is 37.7 Å². The smallest absolute Gasteiger partial charge is 0.245 e. The molecule has 0 radical (unpaired) electrons. The van der Waals surface area contributed by atoms with Gasteiger partial charge in [-0.05, 0) is 82.4 Å². The van der Waals surface area contributed by atoms with Crippen molar-refractivity contribution in [1.82, 2.24) is 15.5 Å². The molecular formula is C33H47N3O7. The molecule has 2 aromatic carbocycles. The van der Waals surface area contributed by atoms with E-state index in [9.17, 15) is 24.9 Å². The third-order valence-corrected chi connectivity index (χ3v) is 8.44. The van der Waals surface area contributed by atoms with Crippen molar-refractivity contribution < 1.29 is 34.4 Å². The van der Waals surface area contributed by atoms with Crippen molar-refractivity contribution in [3.05, 3.63) is 70.3 Å². The van der Waals surface area contributed by atoms with Crippen LogP contribution in [0.15, 0.2) is 42.5 Å². The summed E-state index contributed by atoms with van der Waals surface area (Å²) in [6.07, 6.45) is 0.130. The highest BCUT2D eigenvalue weighted by Gasteiger charge is 2.62. The number of benzene rings is 2. The average molecular weight is 598 g/mol. The quantitative estimate of drug-likeness (QED) is 0.234. The maximum Gasteiger partial charge on any atom is 0.245 e. The molecule has 236 valence electrons. The number of nitrogens with zero attached hydrogens (tertiary/aromatic N) is 1. The number of aliphatic hydroxyl groups is 3. The number of ether oxygens (including phenoxy) is 2. The van der Waals surface area contributed by atoms with Gasteiger partial charge >= 0.3 is 0 Å². The molecule has 5 N–H and O–H groups in total. The van der Waals surface area contributed by atoms with E-state index in [4.69, 9.17) is 9.47 Å². The molecular weight excluding hydrogens is 550 g/mol. The van der Waals surface area contributed by atoms with Gasteiger partial charge in [-0.25, -0.2) is 0 Å². The fourth-order valence-corrected chi connectivity index (χ4v) is 5.72. The molecule has 2 amide bonds. The fourth-order valence-electron chi connectivity index (χ4n) is 5.72. The molecule has 2 aliphatic rings. The minimum absolute atomic E-state index is 0.0914. The van der Waals surface area contributed by atoms with Crippen LogP contribution in [0.3, 0.4) is 0 Å². The molecule has 0 saturated carbocycles. The molecule has 2 heterocycles. The van der Waals surface area contributed by atoms with E-state index in [1.54, 1.807) is 13.8 Å². The summed E-state index contributed by atoms with van der Waals surface area (Å²) < 4.78 is 12.1. The van der Waals surface area contributed by atoms with E-state index in [0.29, 0.717) is 31.4 Å². The molecule has 10 heteroatoms. The van der Waals surface area contributed by atoms with Gasteiger partial charge in [0.05, 0.1) is 19.3 Å². The first-order valence-electron chi connectivity index (χ1n) is 15.0. The lowest BCUT2D eigenvalue weighted by Crippen LogP contribution is -2.57. The average Bonchev–Trinajstić information content (AvgIpc) is 3.30. The van der Waals surface area contributed by atoms with Gasteiger partial charge in [-0.15, -0.1) is 0 Å². The molecule has 4 rings (SSSR count). The number of aliphatic hydroxyl groups excluding tert-OH is 3. The van der Waals surface area contributed by atoms with Gasteiger partial charge in [0.25, 0.3) is 0 Å². The van der Waals surface area contributed by atoms with Gasteiger partial charge < -0.3 is 40.3 Å². The summed E-state index contributed by atoms with van der Waals surface area (Å²) in [7, 11) is 3.87. The Hall–Kier alpha value is -2.86. The largest absolute Gasteiger partial charge is 0.393 e. The molecule has 2 fully saturated rings. The fraction of sp³-hybridized carbons (Fsp3) is 0.576. The number of hydrogen-bond donors (Lipinski definition) is 5. The van der Waals surface area contributed by atoms with Crippen LogP contribution in [-0.4, -0.2) is 95.8 Å². The van der Waals surface area contributed by atoms with Crippen molar-refractivity contribution in [2.24, 2.45) is 0 Å². The van der Waals surface area contributed by atoms with Crippen LogP contribution in [0.25, 0.3) is 0 Å². The highest BCUT2D eigenvalue weighted by Crippen LogP contribution is 2.49. The SMILES string of the molecule is Cc1ccc([C@@]23OC[C@@](CO)(C[C@H](O)[C@H]2O)O3)cc1Cc1ccc(CCCC(=O)NC(C)(C)C(=O)NCCN(C)C)cc1. The van der Waals surface area contributed by atoms with Crippen LogP contribution in [0.2, 0.25) is 0 Å². The highest BCUT2D eigenvalue weighted by molar-refractivity contribution is 5.90. The number of nitrogens with one attached hydrogen (secondary N) is 2. The van der Waals surface area contributed by atoms with Gasteiger partial charge in [-0.2, -0.15) is 0 Å². The first-order chi connectivity index (χ1) is 20.3. The van der Waals surface area contributed by atoms with Crippen LogP contribution in [0.5, 0.6) is 0 Å². The van der Waals surface area contributed by atoms with Crippen LogP contribution in [0, 0.1) is 6.92 Å². The summed E-state index contributed by atoms with van der Waals surface area (Å²) in [5.74, 6) is -1.88. The highest BCUT2D eigenvalue weighted by atomic mass is 16.8. The zero-order valence-corrected chi connectivity index (χ0v) is 26.0. The lowest BCUT2D eigenvalue weighted by Gasteiger charge is -2.43. The van der Waals surface area contributed by atoms with Crippen LogP contribution >= 0.6 is 0 Å². The Bertz CT molecular complexity index is 1280. The van der Waals surface area contributed by atoms with E-state index in [1.165, 1.54) is 0 Å². The Morgan fingerprint density at radius 2 is 1.79 bits per heavy atom. The van der Waals surface area contributed by atoms with Gasteiger partial charge in [0.2, 0.25) is 17.6 Å². The van der Waals surface area contributed by atoms with E-state index in [2.05, 4.69) is 34.9 Å². The second-order valence-corrected chi connectivity index (χ2v) is 12.8. The van der Waals surface area contributed by atoms with E-state index >= 15 is 0 Å². The third kappa shape index (κ3) is 7.63. The maximum absolute atomic E-state index is 12.5. The van der Waals surface area contributed by atoms with Crippen molar-refractivity contribution in [2.45, 2.75) is 82.0 Å². The molecule has 2 aliphatic heterocycles. The predicted molar refractivity (Wildman–Crippen MR) is 162 cm³/mol. The summed E-state index contributed by atoms with van der Waals surface area (Å²) in [6, 6.07) is 14.0. The van der Waals surface area contributed by atoms with E-state index in [0.717, 1.165) is 35.2 Å². The zero-order chi connectivity index (χ0) is 31.4. The third-order valence-electron chi connectivity index (χ3n) is 8.44. The molecule has 10 nitrogen and oxygen atoms in total. The lowest BCUT2D eigenvalue weighted by atomic mass is 9.85. The van der Waals surface area contributed by atoms with Gasteiger partial charge in [0.1, 0.15) is 17.2 Å².